The van der Waals surface area contributed by atoms with Gasteiger partial charge in [-0.3, -0.25) is 4.79 Å². The van der Waals surface area contributed by atoms with Crippen LogP contribution in [0.15, 0.2) is 57.2 Å². The normalized spacial score (nSPS) is 13.1. The number of fused-ring (bicyclic) bond motifs is 1. The summed E-state index contributed by atoms with van der Waals surface area (Å²) in [6.45, 7) is 7.55. The first-order valence-electron chi connectivity index (χ1n) is 12.4. The van der Waals surface area contributed by atoms with Gasteiger partial charge < -0.3 is 4.57 Å². The molecule has 202 valence electrons. The number of thiazole rings is 1. The molecule has 37 heavy (non-hydrogen) atoms. The minimum Gasteiger partial charge on any atom is -0.316 e. The van der Waals surface area contributed by atoms with Crippen molar-refractivity contribution in [2.24, 2.45) is 10.1 Å². The summed E-state index contributed by atoms with van der Waals surface area (Å²) in [5.41, 5.74) is 1.02. The third kappa shape index (κ3) is 6.94. The Bertz CT molecular complexity index is 1510. The molecule has 0 saturated heterocycles. The summed E-state index contributed by atoms with van der Waals surface area (Å²) in [7, 11) is -7.53. The van der Waals surface area contributed by atoms with Crippen molar-refractivity contribution >= 4 is 47.5 Å². The minimum atomic E-state index is -3.86. The van der Waals surface area contributed by atoms with Gasteiger partial charge in [0, 0.05) is 25.2 Å². The van der Waals surface area contributed by atoms with Crippen molar-refractivity contribution in [3.05, 3.63) is 52.8 Å². The molecule has 0 bridgehead atoms. The average molecular weight is 567 g/mol. The second-order valence-electron chi connectivity index (χ2n) is 8.76. The van der Waals surface area contributed by atoms with E-state index in [1.54, 1.807) is 6.07 Å². The zero-order chi connectivity index (χ0) is 27.2. The largest absolute Gasteiger partial charge is 0.316 e. The summed E-state index contributed by atoms with van der Waals surface area (Å²) in [5.74, 6) is -0.513. The molecule has 0 atom stereocenters. The highest BCUT2D eigenvalue weighted by Gasteiger charge is 2.24. The maximum Gasteiger partial charge on any atom is 0.279 e. The number of aromatic nitrogens is 1. The SMILES string of the molecule is CCCCN(CCCC)S(=O)(=O)c1ccc(C(=O)N=c2sc3cc(S(N)(=O)=O)ccc3n2CCC)cc1. The highest BCUT2D eigenvalue weighted by molar-refractivity contribution is 7.89. The van der Waals surface area contributed by atoms with Gasteiger partial charge in [0.1, 0.15) is 0 Å². The highest BCUT2D eigenvalue weighted by Crippen LogP contribution is 2.22. The van der Waals surface area contributed by atoms with Gasteiger partial charge in [0.15, 0.2) is 4.80 Å². The van der Waals surface area contributed by atoms with Gasteiger partial charge in [0.05, 0.1) is 20.0 Å². The van der Waals surface area contributed by atoms with Gasteiger partial charge in [-0.1, -0.05) is 44.9 Å². The smallest absolute Gasteiger partial charge is 0.279 e. The molecule has 0 aliphatic rings. The average Bonchev–Trinajstić information content (AvgIpc) is 3.19. The molecule has 1 amide bonds. The van der Waals surface area contributed by atoms with Crippen LogP contribution in [-0.4, -0.2) is 44.7 Å². The van der Waals surface area contributed by atoms with E-state index in [0.717, 1.165) is 37.6 Å². The molecule has 12 heteroatoms. The van der Waals surface area contributed by atoms with E-state index in [1.165, 1.54) is 52.0 Å². The molecule has 1 aromatic heterocycles. The maximum absolute atomic E-state index is 13.2. The number of rotatable bonds is 12. The molecule has 0 saturated carbocycles. The second kappa shape index (κ2) is 12.4. The molecule has 0 spiro atoms. The van der Waals surface area contributed by atoms with Gasteiger partial charge in [-0.05, 0) is 61.7 Å². The zero-order valence-electron chi connectivity index (χ0n) is 21.4. The van der Waals surface area contributed by atoms with Gasteiger partial charge in [-0.2, -0.15) is 9.30 Å². The Labute approximate surface area is 222 Å². The monoisotopic (exact) mass is 566 g/mol. The quantitative estimate of drug-likeness (QED) is 0.353. The number of primary sulfonamides is 1. The lowest BCUT2D eigenvalue weighted by Crippen LogP contribution is -2.33. The van der Waals surface area contributed by atoms with Crippen molar-refractivity contribution in [2.75, 3.05) is 13.1 Å². The fraction of sp³-hybridized carbons (Fsp3) is 0.440. The number of aryl methyl sites for hydroxylation is 1. The van der Waals surface area contributed by atoms with Crippen LogP contribution in [0.1, 0.15) is 63.2 Å². The van der Waals surface area contributed by atoms with Crippen LogP contribution in [0.5, 0.6) is 0 Å². The zero-order valence-corrected chi connectivity index (χ0v) is 23.8. The molecular formula is C25H34N4O5S3. The third-order valence-electron chi connectivity index (χ3n) is 5.89. The molecule has 3 aromatic rings. The summed E-state index contributed by atoms with van der Waals surface area (Å²) >= 11 is 1.20. The summed E-state index contributed by atoms with van der Waals surface area (Å²) < 4.78 is 53.9. The van der Waals surface area contributed by atoms with Crippen LogP contribution in [0.3, 0.4) is 0 Å². The van der Waals surface area contributed by atoms with Crippen molar-refractivity contribution in [3.8, 4) is 0 Å². The number of nitrogens with zero attached hydrogens (tertiary/aromatic N) is 3. The fourth-order valence-corrected chi connectivity index (χ4v) is 7.07. The molecule has 0 fully saturated rings. The maximum atomic E-state index is 13.2. The van der Waals surface area contributed by atoms with Crippen LogP contribution < -0.4 is 9.94 Å². The Hall–Kier alpha value is -2.38. The first-order valence-corrected chi connectivity index (χ1v) is 16.2. The van der Waals surface area contributed by atoms with Crippen LogP contribution >= 0.6 is 11.3 Å². The standard InChI is InChI=1S/C25H34N4O5S3/c1-4-7-16-28(17-8-5-2)37(33,34)20-11-9-19(10-12-20)24(30)27-25-29(15-6-3)22-14-13-21(36(26,31)32)18-23(22)35-25/h9-14,18H,4-8,15-17H2,1-3H3,(H2,26,31,32). The molecule has 2 aromatic carbocycles. The molecular weight excluding hydrogens is 532 g/mol. The van der Waals surface area contributed by atoms with Gasteiger partial charge in [0.2, 0.25) is 20.0 Å². The molecule has 9 nitrogen and oxygen atoms in total. The van der Waals surface area contributed by atoms with Crippen molar-refractivity contribution in [1.82, 2.24) is 8.87 Å². The number of benzene rings is 2. The molecule has 0 aliphatic carbocycles. The topological polar surface area (TPSA) is 132 Å². The lowest BCUT2D eigenvalue weighted by atomic mass is 10.2. The van der Waals surface area contributed by atoms with E-state index in [4.69, 9.17) is 5.14 Å². The summed E-state index contributed by atoms with van der Waals surface area (Å²) in [6, 6.07) is 10.4. The van der Waals surface area contributed by atoms with Crippen LogP contribution in [0, 0.1) is 0 Å². The van der Waals surface area contributed by atoms with Crippen molar-refractivity contribution in [1.29, 1.82) is 0 Å². The summed E-state index contributed by atoms with van der Waals surface area (Å²) in [5, 5.41) is 5.26. The first kappa shape index (κ1) is 29.2. The van der Waals surface area contributed by atoms with Gasteiger partial charge in [0.25, 0.3) is 5.91 Å². The molecule has 1 heterocycles. The van der Waals surface area contributed by atoms with E-state index in [2.05, 4.69) is 4.99 Å². The number of hydrogen-bond donors (Lipinski definition) is 1. The summed E-state index contributed by atoms with van der Waals surface area (Å²) in [4.78, 5) is 17.9. The molecule has 2 N–H and O–H groups in total. The number of amides is 1. The van der Waals surface area contributed by atoms with E-state index in [9.17, 15) is 21.6 Å². The van der Waals surface area contributed by atoms with Crippen molar-refractivity contribution in [3.63, 3.8) is 0 Å². The van der Waals surface area contributed by atoms with E-state index in [0.29, 0.717) is 29.1 Å². The Morgan fingerprint density at radius 2 is 1.51 bits per heavy atom. The number of nitrogens with two attached hydrogens (primary N) is 1. The first-order chi connectivity index (χ1) is 17.5. The van der Waals surface area contributed by atoms with Crippen LogP contribution in [-0.2, 0) is 26.6 Å². The predicted molar refractivity (Wildman–Crippen MR) is 146 cm³/mol. The number of carbonyl (C=O) groups is 1. The molecule has 0 radical (unpaired) electrons. The second-order valence-corrected chi connectivity index (χ2v) is 13.3. The highest BCUT2D eigenvalue weighted by atomic mass is 32.2. The number of unbranched alkanes of at least 4 members (excludes halogenated alkanes) is 2. The predicted octanol–water partition coefficient (Wildman–Crippen LogP) is 4.09. The number of hydrogen-bond acceptors (Lipinski definition) is 6. The molecule has 0 aliphatic heterocycles. The Morgan fingerprint density at radius 1 is 0.919 bits per heavy atom. The van der Waals surface area contributed by atoms with Crippen molar-refractivity contribution in [2.45, 2.75) is 69.2 Å². The van der Waals surface area contributed by atoms with Gasteiger partial charge in [-0.15, -0.1) is 0 Å². The van der Waals surface area contributed by atoms with E-state index < -0.39 is 26.0 Å². The van der Waals surface area contributed by atoms with E-state index in [1.807, 2.05) is 25.3 Å². The Kier molecular flexibility index (Phi) is 9.81. The number of carbonyl (C=O) groups excluding carboxylic acids is 1. The number of sulfonamides is 2. The van der Waals surface area contributed by atoms with Crippen molar-refractivity contribution < 1.29 is 21.6 Å². The lowest BCUT2D eigenvalue weighted by Gasteiger charge is -2.22. The fourth-order valence-electron chi connectivity index (χ4n) is 3.85. The molecule has 0 unspecified atom stereocenters. The lowest BCUT2D eigenvalue weighted by molar-refractivity contribution is 0.0997. The summed E-state index contributed by atoms with van der Waals surface area (Å²) in [6.07, 6.45) is 4.13. The minimum absolute atomic E-state index is 0.00788. The Morgan fingerprint density at radius 3 is 2.05 bits per heavy atom. The van der Waals surface area contributed by atoms with Crippen LogP contribution in [0.25, 0.3) is 10.2 Å². The van der Waals surface area contributed by atoms with E-state index in [-0.39, 0.29) is 15.4 Å². The molecule has 3 rings (SSSR count). The van der Waals surface area contributed by atoms with Gasteiger partial charge >= 0.3 is 0 Å². The van der Waals surface area contributed by atoms with Crippen LogP contribution in [0.4, 0.5) is 0 Å². The van der Waals surface area contributed by atoms with Crippen LogP contribution in [0.2, 0.25) is 0 Å². The third-order valence-corrected chi connectivity index (χ3v) is 9.75. The van der Waals surface area contributed by atoms with E-state index >= 15 is 0 Å². The Balaban J connectivity index is 1.95. The van der Waals surface area contributed by atoms with Gasteiger partial charge in [-0.25, -0.2) is 22.0 Å².